The third kappa shape index (κ3) is 3.13. The molecule has 0 fully saturated rings. The van der Waals surface area contributed by atoms with E-state index in [0.717, 1.165) is 0 Å². The summed E-state index contributed by atoms with van der Waals surface area (Å²) in [6.07, 6.45) is 3.37. The van der Waals surface area contributed by atoms with Crippen molar-refractivity contribution < 1.29 is 4.79 Å². The molecule has 24 heavy (non-hydrogen) atoms. The summed E-state index contributed by atoms with van der Waals surface area (Å²) < 4.78 is 2.00. The summed E-state index contributed by atoms with van der Waals surface area (Å²) in [5, 5.41) is 7.49. The molecule has 8 heteroatoms. The van der Waals surface area contributed by atoms with E-state index in [9.17, 15) is 9.59 Å². The maximum atomic E-state index is 12.4. The number of carbonyl (C=O) groups is 1. The first kappa shape index (κ1) is 16.1. The highest BCUT2D eigenvalue weighted by atomic mass is 32.1. The molecule has 0 aliphatic carbocycles. The molecule has 0 unspecified atom stereocenters. The van der Waals surface area contributed by atoms with Crippen molar-refractivity contribution in [3.05, 3.63) is 51.3 Å². The van der Waals surface area contributed by atoms with E-state index >= 15 is 0 Å². The number of nitrogens with one attached hydrogen (secondary N) is 3. The summed E-state index contributed by atoms with van der Waals surface area (Å²) >= 11 is 4.96. The quantitative estimate of drug-likeness (QED) is 0.624. The van der Waals surface area contributed by atoms with E-state index in [1.807, 2.05) is 20.8 Å². The normalized spacial score (nSPS) is 11.6. The third-order valence-electron chi connectivity index (χ3n) is 3.53. The van der Waals surface area contributed by atoms with Gasteiger partial charge in [0, 0.05) is 11.8 Å². The van der Waals surface area contributed by atoms with Gasteiger partial charge in [-0.25, -0.2) is 0 Å². The Balaban J connectivity index is 1.90. The molecule has 3 aromatic rings. The molecule has 1 aromatic carbocycles. The highest BCUT2D eigenvalue weighted by Gasteiger charge is 2.15. The zero-order chi connectivity index (χ0) is 17.5. The van der Waals surface area contributed by atoms with Crippen LogP contribution in [0.2, 0.25) is 0 Å². The van der Waals surface area contributed by atoms with E-state index in [-0.39, 0.29) is 21.8 Å². The maximum Gasteiger partial charge on any atom is 0.259 e. The average Bonchev–Trinajstić information content (AvgIpc) is 2.95. The van der Waals surface area contributed by atoms with Crippen LogP contribution < -0.4 is 10.9 Å². The second-order valence-corrected chi connectivity index (χ2v) is 6.88. The zero-order valence-corrected chi connectivity index (χ0v) is 14.3. The summed E-state index contributed by atoms with van der Waals surface area (Å²) in [7, 11) is 0. The molecule has 3 N–H and O–H groups in total. The highest BCUT2D eigenvalue weighted by molar-refractivity contribution is 7.71. The van der Waals surface area contributed by atoms with Gasteiger partial charge >= 0.3 is 0 Å². The zero-order valence-electron chi connectivity index (χ0n) is 13.5. The van der Waals surface area contributed by atoms with E-state index in [2.05, 4.69) is 20.4 Å². The lowest BCUT2D eigenvalue weighted by Crippen LogP contribution is -2.22. The van der Waals surface area contributed by atoms with Crippen LogP contribution in [0.3, 0.4) is 0 Å². The average molecular weight is 343 g/mol. The van der Waals surface area contributed by atoms with Gasteiger partial charge in [0.2, 0.25) is 0 Å². The van der Waals surface area contributed by atoms with E-state index in [4.69, 9.17) is 12.2 Å². The van der Waals surface area contributed by atoms with Gasteiger partial charge in [-0.15, -0.1) is 0 Å². The van der Waals surface area contributed by atoms with Crippen molar-refractivity contribution in [2.75, 3.05) is 5.32 Å². The van der Waals surface area contributed by atoms with Gasteiger partial charge in [-0.2, -0.15) is 5.10 Å². The Labute approximate surface area is 142 Å². The van der Waals surface area contributed by atoms with Crippen molar-refractivity contribution in [1.82, 2.24) is 19.7 Å². The molecule has 0 atom stereocenters. The number of benzene rings is 1. The molecule has 0 saturated heterocycles. The van der Waals surface area contributed by atoms with Gasteiger partial charge in [-0.05, 0) is 51.2 Å². The Bertz CT molecular complexity index is 1040. The number of aromatic amines is 2. The molecule has 0 aliphatic heterocycles. The van der Waals surface area contributed by atoms with Crippen molar-refractivity contribution in [3.8, 4) is 0 Å². The van der Waals surface area contributed by atoms with Gasteiger partial charge in [-0.1, -0.05) is 0 Å². The molecular formula is C16H17N5O2S. The smallest absolute Gasteiger partial charge is 0.259 e. The van der Waals surface area contributed by atoms with Crippen molar-refractivity contribution in [3.63, 3.8) is 0 Å². The second-order valence-electron chi connectivity index (χ2n) is 6.47. The number of hydrogen-bond donors (Lipinski definition) is 3. The molecule has 2 aromatic heterocycles. The Morgan fingerprint density at radius 3 is 2.71 bits per heavy atom. The monoisotopic (exact) mass is 343 g/mol. The number of carbonyl (C=O) groups excluding carboxylic acids is 1. The summed E-state index contributed by atoms with van der Waals surface area (Å²) in [5.74, 6) is -0.287. The molecule has 0 bridgehead atoms. The fourth-order valence-electron chi connectivity index (χ4n) is 2.27. The van der Waals surface area contributed by atoms with Crippen LogP contribution in [0.5, 0.6) is 0 Å². The lowest BCUT2D eigenvalue weighted by atomic mass is 10.1. The molecule has 124 valence electrons. The standard InChI is InChI=1S/C16H17N5O2S/c1-16(2,3)21-8-10(7-17-21)18-13(22)9-4-5-11-12(6-9)19-15(24)20-14(11)23/h4-8H,1-3H3,(H,18,22)(H2,19,20,23,24). The predicted molar refractivity (Wildman–Crippen MR) is 94.9 cm³/mol. The first-order chi connectivity index (χ1) is 11.2. The topological polar surface area (TPSA) is 95.6 Å². The Morgan fingerprint density at radius 2 is 2.04 bits per heavy atom. The number of fused-ring (bicyclic) bond motifs is 1. The van der Waals surface area contributed by atoms with Crippen LogP contribution in [0.1, 0.15) is 31.1 Å². The highest BCUT2D eigenvalue weighted by Crippen LogP contribution is 2.17. The SMILES string of the molecule is CC(C)(C)n1cc(NC(=O)c2ccc3c(=O)[nH]c(=S)[nH]c3c2)cn1. The van der Waals surface area contributed by atoms with Crippen LogP contribution in [0.25, 0.3) is 10.9 Å². The van der Waals surface area contributed by atoms with Gasteiger partial charge in [-0.3, -0.25) is 19.3 Å². The molecule has 0 aliphatic rings. The number of nitrogens with zero attached hydrogens (tertiary/aromatic N) is 2. The lowest BCUT2D eigenvalue weighted by molar-refractivity contribution is 0.102. The van der Waals surface area contributed by atoms with Crippen molar-refractivity contribution in [1.29, 1.82) is 0 Å². The fourth-order valence-corrected chi connectivity index (χ4v) is 2.47. The van der Waals surface area contributed by atoms with Crippen LogP contribution in [0.4, 0.5) is 5.69 Å². The van der Waals surface area contributed by atoms with E-state index in [0.29, 0.717) is 22.2 Å². The molecule has 3 rings (SSSR count). The van der Waals surface area contributed by atoms with Gasteiger partial charge in [0.25, 0.3) is 11.5 Å². The number of rotatable bonds is 2. The van der Waals surface area contributed by atoms with Crippen LogP contribution in [0, 0.1) is 4.77 Å². The van der Waals surface area contributed by atoms with Gasteiger partial charge < -0.3 is 10.3 Å². The van der Waals surface area contributed by atoms with Gasteiger partial charge in [0.1, 0.15) is 0 Å². The van der Waals surface area contributed by atoms with Crippen molar-refractivity contribution in [2.24, 2.45) is 0 Å². The minimum absolute atomic E-state index is 0.165. The number of amides is 1. The minimum atomic E-state index is -0.287. The van der Waals surface area contributed by atoms with Crippen LogP contribution in [-0.4, -0.2) is 25.7 Å². The van der Waals surface area contributed by atoms with Crippen molar-refractivity contribution >= 4 is 34.7 Å². The summed E-state index contributed by atoms with van der Waals surface area (Å²) in [5.41, 5.74) is 1.09. The summed E-state index contributed by atoms with van der Waals surface area (Å²) in [4.78, 5) is 29.6. The minimum Gasteiger partial charge on any atom is -0.332 e. The molecule has 0 saturated carbocycles. The molecule has 0 radical (unpaired) electrons. The number of H-pyrrole nitrogens is 2. The van der Waals surface area contributed by atoms with Gasteiger partial charge in [0.05, 0.1) is 28.3 Å². The number of hydrogen-bond acceptors (Lipinski definition) is 4. The number of anilines is 1. The first-order valence-electron chi connectivity index (χ1n) is 7.37. The predicted octanol–water partition coefficient (Wildman–Crippen LogP) is 2.79. The van der Waals surface area contributed by atoms with E-state index < -0.39 is 0 Å². The van der Waals surface area contributed by atoms with Crippen LogP contribution >= 0.6 is 12.2 Å². The Morgan fingerprint density at radius 1 is 1.29 bits per heavy atom. The van der Waals surface area contributed by atoms with E-state index in [1.54, 1.807) is 35.3 Å². The van der Waals surface area contributed by atoms with Gasteiger partial charge in [0.15, 0.2) is 4.77 Å². The largest absolute Gasteiger partial charge is 0.332 e. The third-order valence-corrected chi connectivity index (χ3v) is 3.73. The fraction of sp³-hybridized carbons (Fsp3) is 0.250. The first-order valence-corrected chi connectivity index (χ1v) is 7.78. The molecular weight excluding hydrogens is 326 g/mol. The summed E-state index contributed by atoms with van der Waals surface area (Å²) in [6, 6.07) is 4.79. The molecule has 2 heterocycles. The summed E-state index contributed by atoms with van der Waals surface area (Å²) in [6.45, 7) is 6.07. The number of aromatic nitrogens is 4. The van der Waals surface area contributed by atoms with Crippen LogP contribution in [-0.2, 0) is 5.54 Å². The second kappa shape index (κ2) is 5.72. The Hall–Kier alpha value is -2.74. The van der Waals surface area contributed by atoms with Crippen LogP contribution in [0.15, 0.2) is 35.4 Å². The molecule has 0 spiro atoms. The Kier molecular flexibility index (Phi) is 3.84. The van der Waals surface area contributed by atoms with Crippen molar-refractivity contribution in [2.45, 2.75) is 26.3 Å². The maximum absolute atomic E-state index is 12.4. The molecule has 1 amide bonds. The van der Waals surface area contributed by atoms with E-state index in [1.165, 1.54) is 0 Å². The molecule has 7 nitrogen and oxygen atoms in total. The lowest BCUT2D eigenvalue weighted by Gasteiger charge is -2.18.